The Kier molecular flexibility index (Phi) is 5.85. The highest BCUT2D eigenvalue weighted by atomic mass is 32.2. The van der Waals surface area contributed by atoms with E-state index >= 15 is 0 Å². The summed E-state index contributed by atoms with van der Waals surface area (Å²) in [4.78, 5) is 4.07. The largest absolute Gasteiger partial charge is 0.311 e. The summed E-state index contributed by atoms with van der Waals surface area (Å²) in [5, 5.41) is 5.74. The molecule has 0 spiro atoms. The SMILES string of the molecule is Cc1ccsc1CNCCN1CCCSCC1. The summed E-state index contributed by atoms with van der Waals surface area (Å²) < 4.78 is 0. The van der Waals surface area contributed by atoms with Gasteiger partial charge in [0, 0.05) is 36.8 Å². The maximum absolute atomic E-state index is 3.56. The topological polar surface area (TPSA) is 15.3 Å². The van der Waals surface area contributed by atoms with E-state index in [4.69, 9.17) is 0 Å². The van der Waals surface area contributed by atoms with Crippen molar-refractivity contribution in [2.75, 3.05) is 37.7 Å². The van der Waals surface area contributed by atoms with Crippen molar-refractivity contribution in [1.82, 2.24) is 10.2 Å². The van der Waals surface area contributed by atoms with E-state index in [9.17, 15) is 0 Å². The molecule has 0 radical (unpaired) electrons. The third-order valence-corrected chi connectivity index (χ3v) is 5.24. The van der Waals surface area contributed by atoms with Gasteiger partial charge >= 0.3 is 0 Å². The third-order valence-electron chi connectivity index (χ3n) is 3.17. The molecule has 1 aromatic heterocycles. The van der Waals surface area contributed by atoms with E-state index in [1.807, 2.05) is 11.3 Å². The number of hydrogen-bond donors (Lipinski definition) is 1. The summed E-state index contributed by atoms with van der Waals surface area (Å²) in [6.07, 6.45) is 1.36. The second-order valence-corrected chi connectivity index (χ2v) is 6.74. The van der Waals surface area contributed by atoms with Crippen LogP contribution in [0.5, 0.6) is 0 Å². The fourth-order valence-corrected chi connectivity index (χ4v) is 3.85. The minimum Gasteiger partial charge on any atom is -0.311 e. The summed E-state index contributed by atoms with van der Waals surface area (Å²) in [7, 11) is 0. The van der Waals surface area contributed by atoms with E-state index < -0.39 is 0 Å². The fourth-order valence-electron chi connectivity index (χ4n) is 2.05. The second kappa shape index (κ2) is 7.41. The van der Waals surface area contributed by atoms with Gasteiger partial charge < -0.3 is 10.2 Å². The molecule has 0 amide bonds. The highest BCUT2D eigenvalue weighted by Crippen LogP contribution is 2.14. The van der Waals surface area contributed by atoms with E-state index in [1.54, 1.807) is 0 Å². The van der Waals surface area contributed by atoms with Gasteiger partial charge in [-0.3, -0.25) is 0 Å². The normalized spacial score (nSPS) is 18.2. The predicted molar refractivity (Wildman–Crippen MR) is 79.1 cm³/mol. The zero-order valence-electron chi connectivity index (χ0n) is 10.6. The molecule has 2 heterocycles. The number of aryl methyl sites for hydroxylation is 1. The lowest BCUT2D eigenvalue weighted by atomic mass is 10.3. The van der Waals surface area contributed by atoms with Gasteiger partial charge in [0.25, 0.3) is 0 Å². The molecular weight excluding hydrogens is 248 g/mol. The lowest BCUT2D eigenvalue weighted by Crippen LogP contribution is -2.33. The van der Waals surface area contributed by atoms with Crippen LogP contribution < -0.4 is 5.32 Å². The van der Waals surface area contributed by atoms with Crippen LogP contribution in [0.3, 0.4) is 0 Å². The maximum Gasteiger partial charge on any atom is 0.0302 e. The molecule has 1 aliphatic rings. The van der Waals surface area contributed by atoms with Crippen LogP contribution in [0.4, 0.5) is 0 Å². The van der Waals surface area contributed by atoms with Crippen LogP contribution in [0, 0.1) is 6.92 Å². The Balaban J connectivity index is 1.61. The number of rotatable bonds is 5. The smallest absolute Gasteiger partial charge is 0.0302 e. The Hall–Kier alpha value is -0.0300. The number of nitrogens with one attached hydrogen (secondary N) is 1. The van der Waals surface area contributed by atoms with Crippen molar-refractivity contribution in [3.8, 4) is 0 Å². The molecule has 17 heavy (non-hydrogen) atoms. The van der Waals surface area contributed by atoms with E-state index in [0.717, 1.165) is 13.1 Å². The molecule has 1 fully saturated rings. The number of nitrogens with zero attached hydrogens (tertiary/aromatic N) is 1. The molecule has 1 aromatic rings. The average molecular weight is 270 g/mol. The van der Waals surface area contributed by atoms with Gasteiger partial charge in [-0.15, -0.1) is 11.3 Å². The molecule has 4 heteroatoms. The first kappa shape index (κ1) is 13.4. The lowest BCUT2D eigenvalue weighted by Gasteiger charge is -2.19. The van der Waals surface area contributed by atoms with E-state index in [0.29, 0.717) is 0 Å². The first-order valence-electron chi connectivity index (χ1n) is 6.40. The van der Waals surface area contributed by atoms with Crippen LogP contribution in [0.2, 0.25) is 0 Å². The van der Waals surface area contributed by atoms with Crippen molar-refractivity contribution in [3.63, 3.8) is 0 Å². The number of hydrogen-bond acceptors (Lipinski definition) is 4. The third kappa shape index (κ3) is 4.62. The Morgan fingerprint density at radius 3 is 3.12 bits per heavy atom. The van der Waals surface area contributed by atoms with Gasteiger partial charge in [0.2, 0.25) is 0 Å². The van der Waals surface area contributed by atoms with Crippen LogP contribution in [-0.2, 0) is 6.54 Å². The molecule has 0 atom stereocenters. The summed E-state index contributed by atoms with van der Waals surface area (Å²) in [6, 6.07) is 2.20. The Morgan fingerprint density at radius 2 is 2.29 bits per heavy atom. The average Bonchev–Trinajstić information content (AvgIpc) is 2.60. The van der Waals surface area contributed by atoms with E-state index in [1.165, 1.54) is 48.0 Å². The molecule has 0 bridgehead atoms. The first-order chi connectivity index (χ1) is 8.36. The van der Waals surface area contributed by atoms with Gasteiger partial charge in [0.15, 0.2) is 0 Å². The summed E-state index contributed by atoms with van der Waals surface area (Å²) in [6.45, 7) is 8.09. The Bertz CT molecular complexity index is 317. The van der Waals surface area contributed by atoms with Crippen molar-refractivity contribution in [3.05, 3.63) is 21.9 Å². The summed E-state index contributed by atoms with van der Waals surface area (Å²) in [5.74, 6) is 2.66. The van der Waals surface area contributed by atoms with Crippen molar-refractivity contribution in [1.29, 1.82) is 0 Å². The van der Waals surface area contributed by atoms with Crippen LogP contribution in [0.15, 0.2) is 11.4 Å². The maximum atomic E-state index is 3.56. The molecule has 1 aliphatic heterocycles. The Morgan fingerprint density at radius 1 is 1.35 bits per heavy atom. The van der Waals surface area contributed by atoms with Gasteiger partial charge in [-0.1, -0.05) is 0 Å². The van der Waals surface area contributed by atoms with Crippen molar-refractivity contribution in [2.24, 2.45) is 0 Å². The summed E-state index contributed by atoms with van der Waals surface area (Å²) >= 11 is 3.96. The van der Waals surface area contributed by atoms with E-state index in [2.05, 4.69) is 40.3 Å². The lowest BCUT2D eigenvalue weighted by molar-refractivity contribution is 0.294. The molecule has 2 rings (SSSR count). The van der Waals surface area contributed by atoms with Gasteiger partial charge in [0.1, 0.15) is 0 Å². The number of thioether (sulfide) groups is 1. The predicted octanol–water partition coefficient (Wildman–Crippen LogP) is 2.59. The minimum absolute atomic E-state index is 1.03. The fraction of sp³-hybridized carbons (Fsp3) is 0.692. The zero-order chi connectivity index (χ0) is 11.9. The molecule has 0 unspecified atom stereocenters. The van der Waals surface area contributed by atoms with Crippen LogP contribution >= 0.6 is 23.1 Å². The van der Waals surface area contributed by atoms with Gasteiger partial charge in [-0.25, -0.2) is 0 Å². The van der Waals surface area contributed by atoms with E-state index in [-0.39, 0.29) is 0 Å². The van der Waals surface area contributed by atoms with Crippen molar-refractivity contribution < 1.29 is 0 Å². The van der Waals surface area contributed by atoms with Crippen LogP contribution in [-0.4, -0.2) is 42.6 Å². The molecule has 2 nitrogen and oxygen atoms in total. The standard InChI is InChI=1S/C13H22N2S2/c1-12-3-9-17-13(12)11-14-4-6-15-5-2-8-16-10-7-15/h3,9,14H,2,4-8,10-11H2,1H3. The summed E-state index contributed by atoms with van der Waals surface area (Å²) in [5.41, 5.74) is 1.42. The van der Waals surface area contributed by atoms with Gasteiger partial charge in [-0.2, -0.15) is 11.8 Å². The molecule has 1 N–H and O–H groups in total. The van der Waals surface area contributed by atoms with Crippen LogP contribution in [0.1, 0.15) is 16.9 Å². The monoisotopic (exact) mass is 270 g/mol. The second-order valence-electron chi connectivity index (χ2n) is 4.51. The van der Waals surface area contributed by atoms with Crippen molar-refractivity contribution in [2.45, 2.75) is 19.9 Å². The molecular formula is C13H22N2S2. The quantitative estimate of drug-likeness (QED) is 0.828. The van der Waals surface area contributed by atoms with Gasteiger partial charge in [-0.05, 0) is 42.7 Å². The number of thiophene rings is 1. The highest BCUT2D eigenvalue weighted by molar-refractivity contribution is 7.99. The highest BCUT2D eigenvalue weighted by Gasteiger charge is 2.08. The van der Waals surface area contributed by atoms with Crippen LogP contribution in [0.25, 0.3) is 0 Å². The molecule has 0 saturated carbocycles. The van der Waals surface area contributed by atoms with Crippen molar-refractivity contribution >= 4 is 23.1 Å². The molecule has 96 valence electrons. The first-order valence-corrected chi connectivity index (χ1v) is 8.43. The Labute approximate surface area is 113 Å². The minimum atomic E-state index is 1.03. The zero-order valence-corrected chi connectivity index (χ0v) is 12.2. The van der Waals surface area contributed by atoms with Gasteiger partial charge in [0.05, 0.1) is 0 Å². The molecule has 1 saturated heterocycles. The molecule has 0 aliphatic carbocycles. The molecule has 0 aromatic carbocycles.